The Labute approximate surface area is 198 Å². The Kier molecular flexibility index (Phi) is 8.15. The van der Waals surface area contributed by atoms with Gasteiger partial charge in [-0.3, -0.25) is 14.6 Å². The fourth-order valence-corrected chi connectivity index (χ4v) is 4.88. The standard InChI is InChI=1S/C27H38N4O2/c1-21-17-31(18-22(2)33-21)19-23-9-11-25(12-10-23)27(32)28-26(24-7-5-4-6-8-24)20-30-15-13-29(3)14-16-30/h4-12,21-22,26H,13-20H2,1-3H3,(H,28,32). The van der Waals surface area contributed by atoms with E-state index >= 15 is 0 Å². The molecule has 1 N–H and O–H groups in total. The number of hydrogen-bond acceptors (Lipinski definition) is 5. The zero-order valence-electron chi connectivity index (χ0n) is 20.2. The van der Waals surface area contributed by atoms with Crippen LogP contribution in [0.5, 0.6) is 0 Å². The van der Waals surface area contributed by atoms with Crippen molar-refractivity contribution in [2.75, 3.05) is 52.9 Å². The summed E-state index contributed by atoms with van der Waals surface area (Å²) in [6, 6.07) is 18.4. The minimum atomic E-state index is -0.0295. The van der Waals surface area contributed by atoms with Crippen LogP contribution in [0.2, 0.25) is 0 Å². The Hall–Kier alpha value is -2.25. The van der Waals surface area contributed by atoms with E-state index in [0.29, 0.717) is 5.56 Å². The van der Waals surface area contributed by atoms with Gasteiger partial charge in [-0.1, -0.05) is 42.5 Å². The molecule has 2 saturated heterocycles. The maximum atomic E-state index is 13.1. The lowest BCUT2D eigenvalue weighted by Gasteiger charge is -2.35. The Bertz CT molecular complexity index is 871. The molecule has 6 heteroatoms. The zero-order chi connectivity index (χ0) is 23.2. The van der Waals surface area contributed by atoms with E-state index in [9.17, 15) is 4.79 Å². The number of carbonyl (C=O) groups excluding carboxylic acids is 1. The lowest BCUT2D eigenvalue weighted by molar-refractivity contribution is -0.0704. The lowest BCUT2D eigenvalue weighted by atomic mass is 10.0. The quantitative estimate of drug-likeness (QED) is 0.703. The molecule has 0 saturated carbocycles. The summed E-state index contributed by atoms with van der Waals surface area (Å²) < 4.78 is 5.84. The van der Waals surface area contributed by atoms with Crippen LogP contribution in [-0.4, -0.2) is 85.7 Å². The second-order valence-corrected chi connectivity index (χ2v) is 9.69. The highest BCUT2D eigenvalue weighted by molar-refractivity contribution is 5.94. The second-order valence-electron chi connectivity index (χ2n) is 9.69. The molecule has 4 rings (SSSR count). The maximum Gasteiger partial charge on any atom is 0.251 e. The highest BCUT2D eigenvalue weighted by Gasteiger charge is 2.23. The first-order chi connectivity index (χ1) is 16.0. The number of rotatable bonds is 7. The van der Waals surface area contributed by atoms with E-state index in [1.165, 1.54) is 5.56 Å². The number of carbonyl (C=O) groups is 1. The van der Waals surface area contributed by atoms with E-state index in [0.717, 1.165) is 57.9 Å². The van der Waals surface area contributed by atoms with Gasteiger partial charge < -0.3 is 15.0 Å². The number of hydrogen-bond donors (Lipinski definition) is 1. The summed E-state index contributed by atoms with van der Waals surface area (Å²) in [5.41, 5.74) is 3.09. The molecule has 1 amide bonds. The van der Waals surface area contributed by atoms with E-state index in [1.54, 1.807) is 0 Å². The largest absolute Gasteiger partial charge is 0.373 e. The van der Waals surface area contributed by atoms with Gasteiger partial charge in [0, 0.05) is 57.9 Å². The maximum absolute atomic E-state index is 13.1. The number of nitrogens with zero attached hydrogens (tertiary/aromatic N) is 3. The van der Waals surface area contributed by atoms with Crippen molar-refractivity contribution in [3.63, 3.8) is 0 Å². The molecule has 33 heavy (non-hydrogen) atoms. The van der Waals surface area contributed by atoms with Gasteiger partial charge in [-0.25, -0.2) is 0 Å². The molecule has 178 valence electrons. The molecule has 2 aromatic carbocycles. The number of likely N-dealkylation sites (N-methyl/N-ethyl adjacent to an activating group) is 1. The molecule has 2 aliphatic heterocycles. The van der Waals surface area contributed by atoms with Gasteiger partial charge in [-0.2, -0.15) is 0 Å². The van der Waals surface area contributed by atoms with Gasteiger partial charge in [0.25, 0.3) is 5.91 Å². The smallest absolute Gasteiger partial charge is 0.251 e. The molecule has 6 nitrogen and oxygen atoms in total. The van der Waals surface area contributed by atoms with Crippen LogP contribution in [0.1, 0.15) is 41.4 Å². The molecule has 2 fully saturated rings. The van der Waals surface area contributed by atoms with E-state index in [4.69, 9.17) is 4.74 Å². The molecular weight excluding hydrogens is 412 g/mol. The molecule has 3 unspecified atom stereocenters. The molecule has 0 radical (unpaired) electrons. The summed E-state index contributed by atoms with van der Waals surface area (Å²) >= 11 is 0. The van der Waals surface area contributed by atoms with Crippen LogP contribution in [0.3, 0.4) is 0 Å². The van der Waals surface area contributed by atoms with Crippen LogP contribution in [-0.2, 0) is 11.3 Å². The highest BCUT2D eigenvalue weighted by Crippen LogP contribution is 2.18. The van der Waals surface area contributed by atoms with Crippen LogP contribution in [0.25, 0.3) is 0 Å². The molecule has 2 aliphatic rings. The first-order valence-electron chi connectivity index (χ1n) is 12.2. The van der Waals surface area contributed by atoms with Crippen LogP contribution in [0.4, 0.5) is 0 Å². The summed E-state index contributed by atoms with van der Waals surface area (Å²) in [5.74, 6) is -0.0156. The summed E-state index contributed by atoms with van der Waals surface area (Å²) in [5, 5.41) is 3.30. The molecule has 0 bridgehead atoms. The molecule has 0 aliphatic carbocycles. The minimum Gasteiger partial charge on any atom is -0.373 e. The number of amides is 1. The first kappa shape index (κ1) is 23.9. The summed E-state index contributed by atoms with van der Waals surface area (Å²) in [6.07, 6.45) is 0.517. The van der Waals surface area contributed by atoms with Crippen LogP contribution in [0.15, 0.2) is 54.6 Å². The van der Waals surface area contributed by atoms with E-state index in [1.807, 2.05) is 30.3 Å². The number of benzene rings is 2. The Morgan fingerprint density at radius 1 is 0.939 bits per heavy atom. The Morgan fingerprint density at radius 3 is 2.21 bits per heavy atom. The van der Waals surface area contributed by atoms with Crippen LogP contribution < -0.4 is 5.32 Å². The van der Waals surface area contributed by atoms with Crippen molar-refractivity contribution in [2.45, 2.75) is 38.6 Å². The number of nitrogens with one attached hydrogen (secondary N) is 1. The molecular formula is C27H38N4O2. The third kappa shape index (κ3) is 6.87. The van der Waals surface area contributed by atoms with E-state index in [-0.39, 0.29) is 24.2 Å². The van der Waals surface area contributed by atoms with Gasteiger partial charge in [0.15, 0.2) is 0 Å². The van der Waals surface area contributed by atoms with Gasteiger partial charge in [0.1, 0.15) is 0 Å². The van der Waals surface area contributed by atoms with Crippen molar-refractivity contribution >= 4 is 5.91 Å². The number of ether oxygens (including phenoxy) is 1. The van der Waals surface area contributed by atoms with Crippen molar-refractivity contribution in [3.05, 3.63) is 71.3 Å². The lowest BCUT2D eigenvalue weighted by Crippen LogP contribution is -2.47. The average Bonchev–Trinajstić information content (AvgIpc) is 2.80. The normalized spacial score (nSPS) is 23.8. The molecule has 0 spiro atoms. The van der Waals surface area contributed by atoms with Gasteiger partial charge >= 0.3 is 0 Å². The minimum absolute atomic E-state index is 0.0156. The van der Waals surface area contributed by atoms with Gasteiger partial charge in [-0.15, -0.1) is 0 Å². The molecule has 3 atom stereocenters. The highest BCUT2D eigenvalue weighted by atomic mass is 16.5. The second kappa shape index (κ2) is 11.3. The number of morpholine rings is 1. The Balaban J connectivity index is 1.38. The number of piperazine rings is 1. The van der Waals surface area contributed by atoms with Crippen molar-refractivity contribution in [3.8, 4) is 0 Å². The van der Waals surface area contributed by atoms with Crippen molar-refractivity contribution in [1.29, 1.82) is 0 Å². The fourth-order valence-electron chi connectivity index (χ4n) is 4.88. The Morgan fingerprint density at radius 2 is 1.58 bits per heavy atom. The van der Waals surface area contributed by atoms with E-state index in [2.05, 4.69) is 65.2 Å². The van der Waals surface area contributed by atoms with Crippen LogP contribution >= 0.6 is 0 Å². The zero-order valence-corrected chi connectivity index (χ0v) is 20.2. The summed E-state index contributed by atoms with van der Waals surface area (Å²) in [6.45, 7) is 12.0. The third-order valence-electron chi connectivity index (χ3n) is 6.66. The molecule has 0 aromatic heterocycles. The summed E-state index contributed by atoms with van der Waals surface area (Å²) in [7, 11) is 2.16. The monoisotopic (exact) mass is 450 g/mol. The molecule has 2 aromatic rings. The average molecular weight is 451 g/mol. The van der Waals surface area contributed by atoms with Crippen molar-refractivity contribution < 1.29 is 9.53 Å². The summed E-state index contributed by atoms with van der Waals surface area (Å²) in [4.78, 5) is 20.4. The third-order valence-corrected chi connectivity index (χ3v) is 6.66. The fraction of sp³-hybridized carbons (Fsp3) is 0.519. The van der Waals surface area contributed by atoms with Crippen molar-refractivity contribution in [1.82, 2.24) is 20.0 Å². The van der Waals surface area contributed by atoms with Gasteiger partial charge in [-0.05, 0) is 44.2 Å². The predicted molar refractivity (Wildman–Crippen MR) is 132 cm³/mol. The van der Waals surface area contributed by atoms with Crippen molar-refractivity contribution in [2.24, 2.45) is 0 Å². The van der Waals surface area contributed by atoms with Gasteiger partial charge in [0.05, 0.1) is 18.2 Å². The van der Waals surface area contributed by atoms with Crippen LogP contribution in [0, 0.1) is 0 Å². The predicted octanol–water partition coefficient (Wildman–Crippen LogP) is 3.01. The first-order valence-corrected chi connectivity index (χ1v) is 12.2. The topological polar surface area (TPSA) is 48.1 Å². The SMILES string of the molecule is CC1CN(Cc2ccc(C(=O)NC(CN3CCN(C)CC3)c3ccccc3)cc2)CC(C)O1. The molecule has 2 heterocycles. The van der Waals surface area contributed by atoms with Gasteiger partial charge in [0.2, 0.25) is 0 Å². The van der Waals surface area contributed by atoms with E-state index < -0.39 is 0 Å².